The van der Waals surface area contributed by atoms with E-state index in [4.69, 9.17) is 10.5 Å². The lowest BCUT2D eigenvalue weighted by Gasteiger charge is -2.26. The van der Waals surface area contributed by atoms with Crippen LogP contribution in [-0.2, 0) is 14.9 Å². The number of nitrogens with two attached hydrogens (primary N) is 1. The van der Waals surface area contributed by atoms with Gasteiger partial charge >= 0.3 is 0 Å². The molecule has 6 heteroatoms. The third-order valence-corrected chi connectivity index (χ3v) is 6.22. The molecule has 1 aromatic heterocycles. The molecule has 2 aliphatic rings. The van der Waals surface area contributed by atoms with Crippen LogP contribution in [0.1, 0.15) is 34.5 Å². The molecule has 152 valence electrons. The highest BCUT2D eigenvalue weighted by atomic mass is 16.5. The van der Waals surface area contributed by atoms with Crippen LogP contribution in [0.2, 0.25) is 0 Å². The summed E-state index contributed by atoms with van der Waals surface area (Å²) in [5.41, 5.74) is 9.51. The average molecular weight is 401 g/mol. The SMILES string of the molecule is Cc1ccc(C(=O)NC2COC2)cc1-c1ccc2cc(C3(C(N)=O)CC3)ncc2c1. The molecule has 0 spiro atoms. The second-order valence-electron chi connectivity index (χ2n) is 8.32. The van der Waals surface area contributed by atoms with Crippen LogP contribution < -0.4 is 11.1 Å². The van der Waals surface area contributed by atoms with Crippen molar-refractivity contribution in [2.75, 3.05) is 13.2 Å². The van der Waals surface area contributed by atoms with Crippen LogP contribution in [0.15, 0.2) is 48.7 Å². The molecule has 1 aliphatic heterocycles. The number of benzene rings is 2. The molecule has 1 saturated carbocycles. The van der Waals surface area contributed by atoms with E-state index >= 15 is 0 Å². The lowest BCUT2D eigenvalue weighted by atomic mass is 9.94. The van der Waals surface area contributed by atoms with Gasteiger partial charge in [-0.05, 0) is 66.1 Å². The van der Waals surface area contributed by atoms with E-state index in [1.807, 2.05) is 43.3 Å². The Bertz CT molecular complexity index is 1180. The van der Waals surface area contributed by atoms with Crippen molar-refractivity contribution in [1.29, 1.82) is 0 Å². The van der Waals surface area contributed by atoms with Gasteiger partial charge < -0.3 is 15.8 Å². The van der Waals surface area contributed by atoms with Crippen LogP contribution in [-0.4, -0.2) is 36.1 Å². The van der Waals surface area contributed by atoms with Gasteiger partial charge in [0.15, 0.2) is 0 Å². The minimum absolute atomic E-state index is 0.0853. The predicted octanol–water partition coefficient (Wildman–Crippen LogP) is 2.86. The minimum atomic E-state index is -0.587. The van der Waals surface area contributed by atoms with Crippen molar-refractivity contribution in [2.24, 2.45) is 5.73 Å². The molecule has 1 aliphatic carbocycles. The number of rotatable bonds is 5. The molecule has 2 heterocycles. The van der Waals surface area contributed by atoms with Crippen LogP contribution in [0.25, 0.3) is 21.9 Å². The second-order valence-corrected chi connectivity index (χ2v) is 8.32. The molecule has 0 atom stereocenters. The predicted molar refractivity (Wildman–Crippen MR) is 114 cm³/mol. The number of nitrogens with one attached hydrogen (secondary N) is 1. The van der Waals surface area contributed by atoms with Gasteiger partial charge in [0.2, 0.25) is 5.91 Å². The second kappa shape index (κ2) is 6.92. The molecule has 6 nitrogen and oxygen atoms in total. The molecule has 3 N–H and O–H groups in total. The normalized spacial score (nSPS) is 17.4. The summed E-state index contributed by atoms with van der Waals surface area (Å²) < 4.78 is 5.12. The Morgan fingerprint density at radius 1 is 1.10 bits per heavy atom. The highest BCUT2D eigenvalue weighted by Crippen LogP contribution is 2.47. The number of fused-ring (bicyclic) bond motifs is 1. The van der Waals surface area contributed by atoms with Gasteiger partial charge in [-0.1, -0.05) is 18.2 Å². The fourth-order valence-corrected chi connectivity index (χ4v) is 3.99. The minimum Gasteiger partial charge on any atom is -0.377 e. The summed E-state index contributed by atoms with van der Waals surface area (Å²) in [6.07, 6.45) is 3.33. The number of carbonyl (C=O) groups is 2. The number of nitrogens with zero attached hydrogens (tertiary/aromatic N) is 1. The number of pyridine rings is 1. The van der Waals surface area contributed by atoms with Gasteiger partial charge in [-0.25, -0.2) is 0 Å². The Balaban J connectivity index is 1.47. The van der Waals surface area contributed by atoms with Gasteiger partial charge in [-0.3, -0.25) is 14.6 Å². The highest BCUT2D eigenvalue weighted by Gasteiger charge is 2.51. The number of hydrogen-bond donors (Lipinski definition) is 2. The number of ether oxygens (including phenoxy) is 1. The third kappa shape index (κ3) is 3.13. The summed E-state index contributed by atoms with van der Waals surface area (Å²) in [4.78, 5) is 28.9. The van der Waals surface area contributed by atoms with Gasteiger partial charge in [0.25, 0.3) is 5.91 Å². The molecule has 2 fully saturated rings. The number of amides is 2. The van der Waals surface area contributed by atoms with E-state index in [1.54, 1.807) is 6.20 Å². The Morgan fingerprint density at radius 3 is 2.57 bits per heavy atom. The lowest BCUT2D eigenvalue weighted by molar-refractivity contribution is -0.120. The van der Waals surface area contributed by atoms with E-state index in [0.29, 0.717) is 18.8 Å². The topological polar surface area (TPSA) is 94.3 Å². The van der Waals surface area contributed by atoms with E-state index < -0.39 is 5.41 Å². The van der Waals surface area contributed by atoms with Crippen molar-refractivity contribution in [1.82, 2.24) is 10.3 Å². The number of aryl methyl sites for hydroxylation is 1. The van der Waals surface area contributed by atoms with E-state index in [2.05, 4.69) is 16.4 Å². The van der Waals surface area contributed by atoms with Crippen LogP contribution >= 0.6 is 0 Å². The molecule has 2 amide bonds. The zero-order valence-corrected chi connectivity index (χ0v) is 16.8. The Labute approximate surface area is 174 Å². The van der Waals surface area contributed by atoms with Crippen molar-refractivity contribution in [3.63, 3.8) is 0 Å². The van der Waals surface area contributed by atoms with Crippen molar-refractivity contribution in [2.45, 2.75) is 31.2 Å². The molecule has 2 aromatic carbocycles. The maximum atomic E-state index is 12.5. The molecular weight excluding hydrogens is 378 g/mol. The summed E-state index contributed by atoms with van der Waals surface area (Å²) in [6, 6.07) is 14.0. The largest absolute Gasteiger partial charge is 0.377 e. The lowest BCUT2D eigenvalue weighted by Crippen LogP contribution is -2.48. The molecule has 5 rings (SSSR count). The van der Waals surface area contributed by atoms with E-state index in [0.717, 1.165) is 46.0 Å². The highest BCUT2D eigenvalue weighted by molar-refractivity contribution is 5.97. The quantitative estimate of drug-likeness (QED) is 0.687. The zero-order chi connectivity index (χ0) is 20.9. The number of aromatic nitrogens is 1. The first-order valence-electron chi connectivity index (χ1n) is 10.2. The third-order valence-electron chi connectivity index (χ3n) is 6.22. The first-order chi connectivity index (χ1) is 14.5. The Morgan fingerprint density at radius 2 is 1.90 bits per heavy atom. The first kappa shape index (κ1) is 18.8. The van der Waals surface area contributed by atoms with Crippen molar-refractivity contribution in [3.05, 3.63) is 65.5 Å². The van der Waals surface area contributed by atoms with Gasteiger partial charge in [0, 0.05) is 17.1 Å². The molecule has 0 unspecified atom stereocenters. The average Bonchev–Trinajstić information content (AvgIpc) is 3.52. The zero-order valence-electron chi connectivity index (χ0n) is 16.8. The van der Waals surface area contributed by atoms with E-state index in [-0.39, 0.29) is 17.9 Å². The van der Waals surface area contributed by atoms with Crippen molar-refractivity contribution < 1.29 is 14.3 Å². The van der Waals surface area contributed by atoms with Crippen molar-refractivity contribution in [3.8, 4) is 11.1 Å². The standard InChI is InChI=1S/C24H23N3O3/c1-14-2-3-17(22(28)27-19-12-30-13-19)9-20(14)16-5-4-15-10-21(26-11-18(15)8-16)24(6-7-24)23(25)29/h2-5,8-11,19H,6-7,12-13H2,1H3,(H2,25,29)(H,27,28). The summed E-state index contributed by atoms with van der Waals surface area (Å²) in [7, 11) is 0. The maximum Gasteiger partial charge on any atom is 0.251 e. The van der Waals surface area contributed by atoms with Gasteiger partial charge in [-0.15, -0.1) is 0 Å². The summed E-state index contributed by atoms with van der Waals surface area (Å²) >= 11 is 0. The molecule has 0 radical (unpaired) electrons. The van der Waals surface area contributed by atoms with E-state index in [1.165, 1.54) is 0 Å². The van der Waals surface area contributed by atoms with Crippen LogP contribution in [0.5, 0.6) is 0 Å². The monoisotopic (exact) mass is 401 g/mol. The Kier molecular flexibility index (Phi) is 4.33. The molecule has 0 bridgehead atoms. The summed E-state index contributed by atoms with van der Waals surface area (Å²) in [5, 5.41) is 4.99. The number of primary amides is 1. The fraction of sp³-hybridized carbons (Fsp3) is 0.292. The molecule has 1 saturated heterocycles. The number of carbonyl (C=O) groups excluding carboxylic acids is 2. The summed E-state index contributed by atoms with van der Waals surface area (Å²) in [5.74, 6) is -0.386. The van der Waals surface area contributed by atoms with Gasteiger partial charge in [-0.2, -0.15) is 0 Å². The van der Waals surface area contributed by atoms with Crippen LogP contribution in [0, 0.1) is 6.92 Å². The van der Waals surface area contributed by atoms with Crippen LogP contribution in [0.4, 0.5) is 0 Å². The summed E-state index contributed by atoms with van der Waals surface area (Å²) in [6.45, 7) is 3.17. The first-order valence-corrected chi connectivity index (χ1v) is 10.2. The fourth-order valence-electron chi connectivity index (χ4n) is 3.99. The molecule has 30 heavy (non-hydrogen) atoms. The number of hydrogen-bond acceptors (Lipinski definition) is 4. The van der Waals surface area contributed by atoms with Gasteiger partial charge in [0.1, 0.15) is 0 Å². The maximum absolute atomic E-state index is 12.5. The van der Waals surface area contributed by atoms with Crippen molar-refractivity contribution >= 4 is 22.6 Å². The van der Waals surface area contributed by atoms with E-state index in [9.17, 15) is 9.59 Å². The molecule has 3 aromatic rings. The van der Waals surface area contributed by atoms with Crippen LogP contribution in [0.3, 0.4) is 0 Å². The Hall–Kier alpha value is -3.25. The molecular formula is C24H23N3O3. The smallest absolute Gasteiger partial charge is 0.251 e. The van der Waals surface area contributed by atoms with Gasteiger partial charge in [0.05, 0.1) is 30.4 Å².